The van der Waals surface area contributed by atoms with Crippen molar-refractivity contribution in [3.63, 3.8) is 0 Å². The van der Waals surface area contributed by atoms with Crippen LogP contribution in [0.2, 0.25) is 0 Å². The monoisotopic (exact) mass is 158 g/mol. The average Bonchev–Trinajstić information content (AvgIpc) is 2.14. The molecule has 0 nitrogen and oxygen atoms in total. The molecule has 0 N–H and O–H groups in total. The highest BCUT2D eigenvalue weighted by Gasteiger charge is 1.79. The summed E-state index contributed by atoms with van der Waals surface area (Å²) in [4.78, 5) is 0. The van der Waals surface area contributed by atoms with Crippen LogP contribution < -0.4 is 0 Å². The average molecular weight is 158 g/mol. The Morgan fingerprint density at radius 3 is 2.50 bits per heavy atom. The first kappa shape index (κ1) is 8.79. The topological polar surface area (TPSA) is 0 Å². The summed E-state index contributed by atoms with van der Waals surface area (Å²) in [5, 5.41) is 0. The summed E-state index contributed by atoms with van der Waals surface area (Å²) in [6.45, 7) is 2.04. The molecule has 0 aliphatic carbocycles. The van der Waals surface area contributed by atoms with Crippen molar-refractivity contribution in [2.24, 2.45) is 0 Å². The molecule has 0 spiro atoms. The fraction of sp³-hybridized carbons (Fsp3) is 0.167. The fourth-order valence-electron chi connectivity index (χ4n) is 0.983. The van der Waals surface area contributed by atoms with Crippen molar-refractivity contribution in [1.29, 1.82) is 0 Å². The second kappa shape index (κ2) is 5.36. The van der Waals surface area contributed by atoms with E-state index >= 15 is 0 Å². The van der Waals surface area contributed by atoms with Gasteiger partial charge >= 0.3 is 0 Å². The number of benzene rings is 1. The van der Waals surface area contributed by atoms with Crippen molar-refractivity contribution in [1.82, 2.24) is 0 Å². The Balaban J connectivity index is 2.47. The predicted octanol–water partition coefficient (Wildman–Crippen LogP) is 3.67. The molecule has 12 heavy (non-hydrogen) atoms. The van der Waals surface area contributed by atoms with Crippen LogP contribution >= 0.6 is 0 Å². The molecule has 0 aromatic heterocycles. The maximum absolute atomic E-state index is 2.16. The first-order valence-electron chi connectivity index (χ1n) is 4.26. The molecule has 62 valence electrons. The van der Waals surface area contributed by atoms with Gasteiger partial charge in [-0.2, -0.15) is 0 Å². The molecule has 0 atom stereocenters. The van der Waals surface area contributed by atoms with Gasteiger partial charge in [0.15, 0.2) is 0 Å². The van der Waals surface area contributed by atoms with Gasteiger partial charge in [-0.1, -0.05) is 54.6 Å². The number of rotatable bonds is 3. The molecular formula is C12H14. The molecule has 0 radical (unpaired) electrons. The fourth-order valence-corrected chi connectivity index (χ4v) is 0.983. The van der Waals surface area contributed by atoms with Crippen molar-refractivity contribution < 1.29 is 0 Å². The van der Waals surface area contributed by atoms with Crippen LogP contribution in [0.25, 0.3) is 6.08 Å². The van der Waals surface area contributed by atoms with E-state index in [1.807, 2.05) is 13.0 Å². The van der Waals surface area contributed by atoms with Crippen LogP contribution in [-0.4, -0.2) is 0 Å². The third kappa shape index (κ3) is 3.20. The van der Waals surface area contributed by atoms with E-state index in [0.29, 0.717) is 0 Å². The van der Waals surface area contributed by atoms with Crippen LogP contribution in [-0.2, 0) is 0 Å². The Hall–Kier alpha value is -1.30. The highest BCUT2D eigenvalue weighted by Crippen LogP contribution is 2.01. The van der Waals surface area contributed by atoms with Gasteiger partial charge in [-0.15, -0.1) is 0 Å². The first-order chi connectivity index (χ1) is 5.93. The van der Waals surface area contributed by atoms with Crippen LogP contribution in [0, 0.1) is 0 Å². The maximum Gasteiger partial charge on any atom is -0.0166 e. The van der Waals surface area contributed by atoms with E-state index in [2.05, 4.69) is 48.6 Å². The molecule has 1 aromatic carbocycles. The smallest absolute Gasteiger partial charge is 0.0166 e. The SMILES string of the molecule is C/C=C\C/C=C/c1ccccc1. The summed E-state index contributed by atoms with van der Waals surface area (Å²) in [6, 6.07) is 10.3. The van der Waals surface area contributed by atoms with Gasteiger partial charge in [0.1, 0.15) is 0 Å². The van der Waals surface area contributed by atoms with Gasteiger partial charge in [-0.25, -0.2) is 0 Å². The molecule has 0 heterocycles. The second-order valence-electron chi connectivity index (χ2n) is 2.62. The minimum Gasteiger partial charge on any atom is -0.0914 e. The lowest BCUT2D eigenvalue weighted by atomic mass is 10.2. The summed E-state index contributed by atoms with van der Waals surface area (Å²) in [7, 11) is 0. The van der Waals surface area contributed by atoms with Gasteiger partial charge in [-0.3, -0.25) is 0 Å². The minimum atomic E-state index is 1.02. The number of allylic oxidation sites excluding steroid dienone is 3. The largest absolute Gasteiger partial charge is 0.0914 e. The third-order valence-corrected chi connectivity index (χ3v) is 1.62. The predicted molar refractivity (Wildman–Crippen MR) is 54.9 cm³/mol. The van der Waals surface area contributed by atoms with Gasteiger partial charge in [0.25, 0.3) is 0 Å². The molecule has 0 saturated heterocycles. The summed E-state index contributed by atoms with van der Waals surface area (Å²) >= 11 is 0. The van der Waals surface area contributed by atoms with E-state index in [9.17, 15) is 0 Å². The quantitative estimate of drug-likeness (QED) is 0.589. The lowest BCUT2D eigenvalue weighted by molar-refractivity contribution is 1.39. The minimum absolute atomic E-state index is 1.02. The van der Waals surface area contributed by atoms with Crippen LogP contribution in [0.1, 0.15) is 18.9 Å². The van der Waals surface area contributed by atoms with Crippen molar-refractivity contribution in [3.8, 4) is 0 Å². The highest BCUT2D eigenvalue weighted by molar-refractivity contribution is 5.48. The Labute approximate surface area is 74.2 Å². The molecule has 0 fully saturated rings. The first-order valence-corrected chi connectivity index (χ1v) is 4.26. The van der Waals surface area contributed by atoms with E-state index in [0.717, 1.165) is 6.42 Å². The maximum atomic E-state index is 2.16. The molecule has 0 heteroatoms. The highest BCUT2D eigenvalue weighted by atomic mass is 13.9. The van der Waals surface area contributed by atoms with E-state index < -0.39 is 0 Å². The molecular weight excluding hydrogens is 144 g/mol. The second-order valence-corrected chi connectivity index (χ2v) is 2.62. The molecule has 0 amide bonds. The molecule has 0 aliphatic heterocycles. The molecule has 0 aliphatic rings. The lowest BCUT2D eigenvalue weighted by Gasteiger charge is -1.89. The summed E-state index contributed by atoms with van der Waals surface area (Å²) in [5.41, 5.74) is 1.27. The normalized spacial score (nSPS) is 11.4. The lowest BCUT2D eigenvalue weighted by Crippen LogP contribution is -1.67. The van der Waals surface area contributed by atoms with Gasteiger partial charge in [-0.05, 0) is 18.9 Å². The number of hydrogen-bond donors (Lipinski definition) is 0. The summed E-state index contributed by atoms with van der Waals surface area (Å²) in [5.74, 6) is 0. The van der Waals surface area contributed by atoms with Gasteiger partial charge in [0.05, 0.1) is 0 Å². The van der Waals surface area contributed by atoms with Crippen LogP contribution in [0.4, 0.5) is 0 Å². The van der Waals surface area contributed by atoms with Gasteiger partial charge in [0, 0.05) is 0 Å². The van der Waals surface area contributed by atoms with Crippen LogP contribution in [0.3, 0.4) is 0 Å². The Morgan fingerprint density at radius 1 is 1.08 bits per heavy atom. The van der Waals surface area contributed by atoms with E-state index in [1.165, 1.54) is 5.56 Å². The zero-order chi connectivity index (χ0) is 8.65. The van der Waals surface area contributed by atoms with Crippen molar-refractivity contribution in [2.45, 2.75) is 13.3 Å². The summed E-state index contributed by atoms with van der Waals surface area (Å²) in [6.07, 6.45) is 9.52. The van der Waals surface area contributed by atoms with Crippen molar-refractivity contribution >= 4 is 6.08 Å². The standard InChI is InChI=1S/C12H14/c1-2-3-4-6-9-12-10-7-5-8-11-12/h2-3,5-11H,4H2,1H3/b3-2-,9-6+. The molecule has 0 bridgehead atoms. The van der Waals surface area contributed by atoms with Crippen molar-refractivity contribution in [3.05, 3.63) is 54.1 Å². The van der Waals surface area contributed by atoms with Crippen LogP contribution in [0.5, 0.6) is 0 Å². The van der Waals surface area contributed by atoms with Crippen molar-refractivity contribution in [2.75, 3.05) is 0 Å². The Morgan fingerprint density at radius 2 is 1.83 bits per heavy atom. The van der Waals surface area contributed by atoms with Gasteiger partial charge in [0.2, 0.25) is 0 Å². The van der Waals surface area contributed by atoms with E-state index in [1.54, 1.807) is 0 Å². The molecule has 0 saturated carbocycles. The molecule has 1 aromatic rings. The third-order valence-electron chi connectivity index (χ3n) is 1.62. The zero-order valence-corrected chi connectivity index (χ0v) is 7.40. The molecule has 0 unspecified atom stereocenters. The zero-order valence-electron chi connectivity index (χ0n) is 7.40. The Bertz CT molecular complexity index is 255. The number of hydrogen-bond acceptors (Lipinski definition) is 0. The molecule has 1 rings (SSSR count). The van der Waals surface area contributed by atoms with E-state index in [4.69, 9.17) is 0 Å². The Kier molecular flexibility index (Phi) is 3.93. The van der Waals surface area contributed by atoms with E-state index in [-0.39, 0.29) is 0 Å². The van der Waals surface area contributed by atoms with Crippen LogP contribution in [0.15, 0.2) is 48.6 Å². The summed E-state index contributed by atoms with van der Waals surface area (Å²) < 4.78 is 0. The van der Waals surface area contributed by atoms with Gasteiger partial charge < -0.3 is 0 Å².